The van der Waals surface area contributed by atoms with Crippen molar-refractivity contribution in [1.29, 1.82) is 0 Å². The van der Waals surface area contributed by atoms with E-state index in [1.165, 1.54) is 25.7 Å². The van der Waals surface area contributed by atoms with E-state index >= 15 is 0 Å². The van der Waals surface area contributed by atoms with E-state index in [4.69, 9.17) is 4.74 Å². The molecule has 1 saturated heterocycles. The Hall–Kier alpha value is -2.58. The van der Waals surface area contributed by atoms with Crippen molar-refractivity contribution in [3.63, 3.8) is 0 Å². The molecule has 2 aromatic carbocycles. The minimum atomic E-state index is -3.61. The van der Waals surface area contributed by atoms with Gasteiger partial charge < -0.3 is 15.0 Å². The summed E-state index contributed by atoms with van der Waals surface area (Å²) < 4.78 is 31.5. The predicted octanol–water partition coefficient (Wildman–Crippen LogP) is 3.63. The Balaban J connectivity index is 1.51. The highest BCUT2D eigenvalue weighted by Gasteiger charge is 2.21. The van der Waals surface area contributed by atoms with Crippen LogP contribution in [0.4, 0.5) is 5.69 Å². The Labute approximate surface area is 191 Å². The molecule has 1 heterocycles. The van der Waals surface area contributed by atoms with E-state index in [0.717, 1.165) is 36.6 Å². The van der Waals surface area contributed by atoms with Crippen molar-refractivity contribution in [3.8, 4) is 11.5 Å². The minimum Gasteiger partial charge on any atom is -0.457 e. The monoisotopic (exact) mass is 459 g/mol. The highest BCUT2D eigenvalue weighted by molar-refractivity contribution is 7.92. The predicted molar refractivity (Wildman–Crippen MR) is 128 cm³/mol. The van der Waals surface area contributed by atoms with Gasteiger partial charge in [-0.2, -0.15) is 0 Å². The highest BCUT2D eigenvalue weighted by Crippen LogP contribution is 2.25. The van der Waals surface area contributed by atoms with Crippen molar-refractivity contribution < 1.29 is 17.9 Å². The third-order valence-electron chi connectivity index (χ3n) is 5.46. The van der Waals surface area contributed by atoms with Crippen LogP contribution in [0.2, 0.25) is 0 Å². The molecule has 32 heavy (non-hydrogen) atoms. The standard InChI is InChI=1S/C24H33N3O4S/c1-32(29,30)27(20-24(28)25-16-9-19-26-17-7-2-3-8-18-26)21-12-14-23(15-13-21)31-22-10-5-4-6-11-22/h4-6,10-15H,2-3,7-9,16-20H2,1H3,(H,25,28). The second-order valence-electron chi connectivity index (χ2n) is 8.14. The number of nitrogens with one attached hydrogen (secondary N) is 1. The maximum absolute atomic E-state index is 12.4. The Kier molecular flexibility index (Phi) is 8.93. The number of benzene rings is 2. The molecule has 0 unspecified atom stereocenters. The molecule has 0 radical (unpaired) electrons. The van der Waals surface area contributed by atoms with Gasteiger partial charge in [0, 0.05) is 6.54 Å². The number of hydrogen-bond donors (Lipinski definition) is 1. The van der Waals surface area contributed by atoms with Gasteiger partial charge in [-0.15, -0.1) is 0 Å². The molecule has 174 valence electrons. The smallest absolute Gasteiger partial charge is 0.240 e. The molecule has 1 fully saturated rings. The van der Waals surface area contributed by atoms with Crippen LogP contribution >= 0.6 is 0 Å². The molecule has 0 aliphatic carbocycles. The lowest BCUT2D eigenvalue weighted by Crippen LogP contribution is -2.41. The second-order valence-corrected chi connectivity index (χ2v) is 10.0. The van der Waals surface area contributed by atoms with E-state index < -0.39 is 10.0 Å². The van der Waals surface area contributed by atoms with Gasteiger partial charge in [-0.1, -0.05) is 31.0 Å². The van der Waals surface area contributed by atoms with Crippen molar-refractivity contribution in [3.05, 3.63) is 54.6 Å². The maximum atomic E-state index is 12.4. The van der Waals surface area contributed by atoms with Gasteiger partial charge in [-0.05, 0) is 75.3 Å². The van der Waals surface area contributed by atoms with Gasteiger partial charge in [0.05, 0.1) is 11.9 Å². The van der Waals surface area contributed by atoms with Crippen LogP contribution in [-0.2, 0) is 14.8 Å². The van der Waals surface area contributed by atoms with Crippen LogP contribution in [0.15, 0.2) is 54.6 Å². The van der Waals surface area contributed by atoms with Crippen molar-refractivity contribution in [2.45, 2.75) is 32.1 Å². The topological polar surface area (TPSA) is 79.0 Å². The number of anilines is 1. The maximum Gasteiger partial charge on any atom is 0.240 e. The third-order valence-corrected chi connectivity index (χ3v) is 6.60. The van der Waals surface area contributed by atoms with Gasteiger partial charge in [0.1, 0.15) is 18.0 Å². The number of nitrogens with zero attached hydrogens (tertiary/aromatic N) is 2. The molecule has 0 atom stereocenters. The first-order valence-electron chi connectivity index (χ1n) is 11.2. The molecule has 0 bridgehead atoms. The number of carbonyl (C=O) groups is 1. The summed E-state index contributed by atoms with van der Waals surface area (Å²) in [6.45, 7) is 3.50. The van der Waals surface area contributed by atoms with E-state index in [1.54, 1.807) is 24.3 Å². The molecular weight excluding hydrogens is 426 g/mol. The largest absolute Gasteiger partial charge is 0.457 e. The zero-order chi connectivity index (χ0) is 22.8. The van der Waals surface area contributed by atoms with Gasteiger partial charge >= 0.3 is 0 Å². The summed E-state index contributed by atoms with van der Waals surface area (Å²) in [6.07, 6.45) is 7.04. The number of rotatable bonds is 10. The van der Waals surface area contributed by atoms with E-state index in [-0.39, 0.29) is 12.5 Å². The van der Waals surface area contributed by atoms with Crippen LogP contribution in [0.3, 0.4) is 0 Å². The third kappa shape index (κ3) is 7.84. The number of hydrogen-bond acceptors (Lipinski definition) is 5. The SMILES string of the molecule is CS(=O)(=O)N(CC(=O)NCCCN1CCCCCC1)c1ccc(Oc2ccccc2)cc1. The number of likely N-dealkylation sites (tertiary alicyclic amines) is 1. The molecule has 8 heteroatoms. The molecule has 1 N–H and O–H groups in total. The summed E-state index contributed by atoms with van der Waals surface area (Å²) >= 11 is 0. The van der Waals surface area contributed by atoms with Crippen LogP contribution in [0.1, 0.15) is 32.1 Å². The van der Waals surface area contributed by atoms with E-state index in [2.05, 4.69) is 10.2 Å². The molecular formula is C24H33N3O4S. The Morgan fingerprint density at radius 2 is 1.59 bits per heavy atom. The van der Waals surface area contributed by atoms with Crippen LogP contribution < -0.4 is 14.4 Å². The highest BCUT2D eigenvalue weighted by atomic mass is 32.2. The lowest BCUT2D eigenvalue weighted by atomic mass is 10.2. The van der Waals surface area contributed by atoms with Crippen molar-refractivity contribution >= 4 is 21.6 Å². The molecule has 1 aliphatic heterocycles. The van der Waals surface area contributed by atoms with Crippen LogP contribution in [0, 0.1) is 0 Å². The Morgan fingerprint density at radius 3 is 2.22 bits per heavy atom. The fraction of sp³-hybridized carbons (Fsp3) is 0.458. The number of carbonyl (C=O) groups excluding carboxylic acids is 1. The fourth-order valence-electron chi connectivity index (χ4n) is 3.78. The summed E-state index contributed by atoms with van der Waals surface area (Å²) in [6, 6.07) is 16.0. The quantitative estimate of drug-likeness (QED) is 0.549. The molecule has 7 nitrogen and oxygen atoms in total. The van der Waals surface area contributed by atoms with Gasteiger partial charge in [0.15, 0.2) is 0 Å². The van der Waals surface area contributed by atoms with Gasteiger partial charge in [-0.3, -0.25) is 9.10 Å². The van der Waals surface area contributed by atoms with Gasteiger partial charge in [-0.25, -0.2) is 8.42 Å². The first-order valence-corrected chi connectivity index (χ1v) is 13.1. The fourth-order valence-corrected chi connectivity index (χ4v) is 4.64. The lowest BCUT2D eigenvalue weighted by Gasteiger charge is -2.22. The number of ether oxygens (including phenoxy) is 1. The van der Waals surface area contributed by atoms with E-state index in [1.807, 2.05) is 30.3 Å². The zero-order valence-corrected chi connectivity index (χ0v) is 19.5. The lowest BCUT2D eigenvalue weighted by molar-refractivity contribution is -0.119. The van der Waals surface area contributed by atoms with Gasteiger partial charge in [0.2, 0.25) is 15.9 Å². The normalized spacial score (nSPS) is 15.0. The summed E-state index contributed by atoms with van der Waals surface area (Å²) in [7, 11) is -3.61. The van der Waals surface area contributed by atoms with Crippen LogP contribution in [0.25, 0.3) is 0 Å². The molecule has 1 amide bonds. The Bertz CT molecular complexity index is 941. The first-order chi connectivity index (χ1) is 15.4. The summed E-state index contributed by atoms with van der Waals surface area (Å²) in [5, 5.41) is 2.86. The molecule has 0 saturated carbocycles. The molecule has 0 aromatic heterocycles. The minimum absolute atomic E-state index is 0.249. The molecule has 0 spiro atoms. The van der Waals surface area contributed by atoms with Crippen molar-refractivity contribution in [2.24, 2.45) is 0 Å². The zero-order valence-electron chi connectivity index (χ0n) is 18.7. The van der Waals surface area contributed by atoms with E-state index in [9.17, 15) is 13.2 Å². The number of sulfonamides is 1. The summed E-state index contributed by atoms with van der Waals surface area (Å²) in [4.78, 5) is 14.9. The first kappa shape index (κ1) is 24.1. The Morgan fingerprint density at radius 1 is 0.969 bits per heavy atom. The van der Waals surface area contributed by atoms with E-state index in [0.29, 0.717) is 23.7 Å². The second kappa shape index (κ2) is 11.9. The molecule has 3 rings (SSSR count). The van der Waals surface area contributed by atoms with Crippen molar-refractivity contribution in [2.75, 3.05) is 43.3 Å². The average molecular weight is 460 g/mol. The summed E-state index contributed by atoms with van der Waals surface area (Å²) in [5.41, 5.74) is 0.424. The van der Waals surface area contributed by atoms with Crippen LogP contribution in [0.5, 0.6) is 11.5 Å². The van der Waals surface area contributed by atoms with Gasteiger partial charge in [0.25, 0.3) is 0 Å². The number of para-hydroxylation sites is 1. The number of amides is 1. The summed E-state index contributed by atoms with van der Waals surface area (Å²) in [5.74, 6) is 0.974. The average Bonchev–Trinajstić information content (AvgIpc) is 3.05. The van der Waals surface area contributed by atoms with Crippen molar-refractivity contribution in [1.82, 2.24) is 10.2 Å². The molecule has 1 aliphatic rings. The molecule has 2 aromatic rings. The van der Waals surface area contributed by atoms with Crippen LogP contribution in [-0.4, -0.2) is 58.2 Å².